The predicted molar refractivity (Wildman–Crippen MR) is 246 cm³/mol. The summed E-state index contributed by atoms with van der Waals surface area (Å²) in [5.41, 5.74) is 6.90. The Morgan fingerprint density at radius 3 is 0.806 bits per heavy atom. The van der Waals surface area contributed by atoms with E-state index in [1.807, 2.05) is 72.8 Å². The zero-order chi connectivity index (χ0) is 42.1. The van der Waals surface area contributed by atoms with Crippen molar-refractivity contribution in [3.63, 3.8) is 0 Å². The van der Waals surface area contributed by atoms with E-state index in [0.717, 1.165) is 66.1 Å². The lowest BCUT2D eigenvalue weighted by atomic mass is 9.68. The van der Waals surface area contributed by atoms with Crippen molar-refractivity contribution in [2.45, 2.75) is 24.7 Å². The third-order valence-corrected chi connectivity index (χ3v) is 13.8. The van der Waals surface area contributed by atoms with E-state index in [0.29, 0.717) is 44.5 Å². The van der Waals surface area contributed by atoms with Gasteiger partial charge in [-0.05, 0) is 60.4 Å². The number of hydrogen-bond donors (Lipinski definition) is 4. The number of phenolic OH excluding ortho intramolecular Hbond substituents is 4. The molecule has 62 heavy (non-hydrogen) atoms. The highest BCUT2D eigenvalue weighted by Gasteiger charge is 2.43. The Morgan fingerprint density at radius 2 is 0.548 bits per heavy atom. The van der Waals surface area contributed by atoms with Gasteiger partial charge in [-0.3, -0.25) is 0 Å². The third-order valence-electron chi connectivity index (χ3n) is 13.8. The molecule has 0 fully saturated rings. The van der Waals surface area contributed by atoms with Crippen LogP contribution >= 0.6 is 0 Å². The molecule has 0 bridgehead atoms. The molecule has 2 aliphatic rings. The molecule has 0 saturated carbocycles. The Morgan fingerprint density at radius 1 is 0.290 bits per heavy atom. The molecule has 4 N–H and O–H groups in total. The van der Waals surface area contributed by atoms with Crippen molar-refractivity contribution in [2.24, 2.45) is 0 Å². The highest BCUT2D eigenvalue weighted by Crippen LogP contribution is 2.58. The molecule has 10 aromatic rings. The summed E-state index contributed by atoms with van der Waals surface area (Å²) < 4.78 is 13.7. The van der Waals surface area contributed by atoms with Crippen molar-refractivity contribution in [1.82, 2.24) is 0 Å². The molecule has 298 valence electrons. The largest absolute Gasteiger partial charge is 0.507 e. The molecule has 0 spiro atoms. The molecular weight excluding hydrogens is 769 g/mol. The summed E-state index contributed by atoms with van der Waals surface area (Å²) in [6, 6.07) is 55.6. The van der Waals surface area contributed by atoms with Crippen LogP contribution in [0.2, 0.25) is 0 Å². The van der Waals surface area contributed by atoms with Gasteiger partial charge in [0, 0.05) is 76.2 Å². The third kappa shape index (κ3) is 4.80. The molecule has 6 heteroatoms. The van der Waals surface area contributed by atoms with Crippen LogP contribution in [0.5, 0.6) is 46.0 Å². The van der Waals surface area contributed by atoms with Gasteiger partial charge in [0.2, 0.25) is 0 Å². The Labute approximate surface area is 356 Å². The normalized spacial score (nSPS) is 14.4. The predicted octanol–water partition coefficient (Wildman–Crippen LogP) is 13.7. The van der Waals surface area contributed by atoms with Crippen LogP contribution in [-0.2, 0) is 10.8 Å². The molecule has 10 aromatic carbocycles. The second-order valence-corrected chi connectivity index (χ2v) is 16.9. The molecule has 0 radical (unpaired) electrons. The molecule has 12 rings (SSSR count). The van der Waals surface area contributed by atoms with Gasteiger partial charge in [0.1, 0.15) is 46.0 Å². The summed E-state index contributed by atoms with van der Waals surface area (Å²) >= 11 is 0. The fraction of sp³-hybridized carbons (Fsp3) is 0.0714. The van der Waals surface area contributed by atoms with E-state index in [1.54, 1.807) is 24.3 Å². The minimum absolute atomic E-state index is 0.189. The maximum absolute atomic E-state index is 10.8. The van der Waals surface area contributed by atoms with Crippen LogP contribution in [0.25, 0.3) is 54.2 Å². The Bertz CT molecular complexity index is 3110. The van der Waals surface area contributed by atoms with Gasteiger partial charge in [0.15, 0.2) is 0 Å². The monoisotopic (exact) mass is 806 g/mol. The van der Waals surface area contributed by atoms with Crippen molar-refractivity contribution in [3.8, 4) is 57.1 Å². The van der Waals surface area contributed by atoms with Crippen LogP contribution in [0.3, 0.4) is 0 Å². The van der Waals surface area contributed by atoms with Crippen LogP contribution < -0.4 is 9.47 Å². The van der Waals surface area contributed by atoms with Crippen LogP contribution in [0.1, 0.15) is 47.2 Å². The van der Waals surface area contributed by atoms with Gasteiger partial charge in [0.05, 0.1) is 0 Å². The fourth-order valence-corrected chi connectivity index (χ4v) is 10.4. The molecular formula is C56H38O6. The van der Waals surface area contributed by atoms with E-state index in [9.17, 15) is 20.4 Å². The molecule has 2 aliphatic heterocycles. The summed E-state index contributed by atoms with van der Waals surface area (Å²) in [4.78, 5) is 0. The minimum Gasteiger partial charge on any atom is -0.507 e. The second-order valence-electron chi connectivity index (χ2n) is 16.9. The number of hydrogen-bond acceptors (Lipinski definition) is 6. The van der Waals surface area contributed by atoms with E-state index in [4.69, 9.17) is 9.47 Å². The van der Waals surface area contributed by atoms with Gasteiger partial charge < -0.3 is 29.9 Å². The standard InChI is InChI=1S/C56H38O6/c1-55(43-27-23-35-39(7-3-11-47(35)57)51(43)61-52-40-8-4-12-48(58)36(40)24-28-44(52)55)33-19-15-31(16-20-33)32-17-21-34(22-18-32)56(2)45-29-25-37-41(9-5-13-49(37)59)53(45)62-54-42-10-6-14-50(60)38(42)26-30-46(54)56/h3-30,57-60H,1-2H3. The first-order valence-corrected chi connectivity index (χ1v) is 20.7. The average Bonchev–Trinajstić information content (AvgIpc) is 3.29. The highest BCUT2D eigenvalue weighted by molar-refractivity contribution is 6.01. The van der Waals surface area contributed by atoms with Crippen molar-refractivity contribution in [1.29, 1.82) is 0 Å². The van der Waals surface area contributed by atoms with Crippen LogP contribution in [0.15, 0.2) is 170 Å². The van der Waals surface area contributed by atoms with Crippen molar-refractivity contribution in [2.75, 3.05) is 0 Å². The van der Waals surface area contributed by atoms with Crippen LogP contribution in [0.4, 0.5) is 0 Å². The lowest BCUT2D eigenvalue weighted by Gasteiger charge is -2.39. The number of phenols is 4. The minimum atomic E-state index is -0.648. The molecule has 6 nitrogen and oxygen atoms in total. The fourth-order valence-electron chi connectivity index (χ4n) is 10.4. The van der Waals surface area contributed by atoms with Crippen molar-refractivity contribution < 1.29 is 29.9 Å². The Hall–Kier alpha value is -7.96. The lowest BCUT2D eigenvalue weighted by molar-refractivity contribution is 0.436. The zero-order valence-corrected chi connectivity index (χ0v) is 33.8. The SMILES string of the molecule is CC1(c2ccc(-c3ccc(C4(C)c5ccc6c(O)cccc6c5Oc5c4ccc4c(O)cccc54)cc3)cc2)c2ccc3c(O)cccc3c2Oc2c1ccc1c(O)cccc21. The first-order chi connectivity index (χ1) is 30.1. The van der Waals surface area contributed by atoms with Gasteiger partial charge in [-0.1, -0.05) is 146 Å². The smallest absolute Gasteiger partial charge is 0.139 e. The Kier molecular flexibility index (Phi) is 7.40. The molecule has 0 amide bonds. The van der Waals surface area contributed by atoms with Gasteiger partial charge in [-0.25, -0.2) is 0 Å². The van der Waals surface area contributed by atoms with Gasteiger partial charge >= 0.3 is 0 Å². The van der Waals surface area contributed by atoms with E-state index in [-0.39, 0.29) is 23.0 Å². The van der Waals surface area contributed by atoms with E-state index < -0.39 is 10.8 Å². The van der Waals surface area contributed by atoms with Crippen molar-refractivity contribution >= 4 is 43.1 Å². The lowest BCUT2D eigenvalue weighted by Crippen LogP contribution is -2.29. The number of ether oxygens (including phenoxy) is 2. The number of aromatic hydroxyl groups is 4. The molecule has 0 aromatic heterocycles. The van der Waals surface area contributed by atoms with E-state index in [2.05, 4.69) is 86.6 Å². The second kappa shape index (κ2) is 12.8. The number of rotatable bonds is 3. The Balaban J connectivity index is 0.980. The molecule has 0 atom stereocenters. The zero-order valence-electron chi connectivity index (χ0n) is 33.8. The summed E-state index contributed by atoms with van der Waals surface area (Å²) in [6.45, 7) is 4.44. The summed E-state index contributed by atoms with van der Waals surface area (Å²) in [6.07, 6.45) is 0. The maximum atomic E-state index is 10.8. The van der Waals surface area contributed by atoms with Crippen LogP contribution in [0, 0.1) is 0 Å². The highest BCUT2D eigenvalue weighted by atomic mass is 16.5. The maximum Gasteiger partial charge on any atom is 0.139 e. The topological polar surface area (TPSA) is 99.4 Å². The van der Waals surface area contributed by atoms with Gasteiger partial charge in [-0.15, -0.1) is 0 Å². The summed E-state index contributed by atoms with van der Waals surface area (Å²) in [5.74, 6) is 3.49. The van der Waals surface area contributed by atoms with E-state index >= 15 is 0 Å². The van der Waals surface area contributed by atoms with Crippen molar-refractivity contribution in [3.05, 3.63) is 203 Å². The average molecular weight is 807 g/mol. The first kappa shape index (κ1) is 35.9. The van der Waals surface area contributed by atoms with E-state index in [1.165, 1.54) is 0 Å². The molecule has 0 unspecified atom stereocenters. The number of benzene rings is 10. The quantitative estimate of drug-likeness (QED) is 0.142. The molecule has 0 aliphatic carbocycles. The number of fused-ring (bicyclic) bond motifs is 12. The van der Waals surface area contributed by atoms with Gasteiger partial charge in [0.25, 0.3) is 0 Å². The van der Waals surface area contributed by atoms with Crippen LogP contribution in [-0.4, -0.2) is 20.4 Å². The first-order valence-electron chi connectivity index (χ1n) is 20.7. The van der Waals surface area contributed by atoms with Gasteiger partial charge in [-0.2, -0.15) is 0 Å². The molecule has 2 heterocycles. The molecule has 0 saturated heterocycles. The summed E-state index contributed by atoms with van der Waals surface area (Å²) in [5, 5.41) is 49.4. The summed E-state index contributed by atoms with van der Waals surface area (Å²) in [7, 11) is 0.